The van der Waals surface area contributed by atoms with Crippen molar-refractivity contribution in [2.75, 3.05) is 6.54 Å². The molecule has 0 spiro atoms. The summed E-state index contributed by atoms with van der Waals surface area (Å²) in [6, 6.07) is 15.2. The van der Waals surface area contributed by atoms with Crippen molar-refractivity contribution in [3.05, 3.63) is 65.2 Å². The monoisotopic (exact) mass is 315 g/mol. The van der Waals surface area contributed by atoms with Crippen molar-refractivity contribution in [2.45, 2.75) is 37.6 Å². The molecule has 0 N–H and O–H groups in total. The van der Waals surface area contributed by atoms with Crippen molar-refractivity contribution in [2.24, 2.45) is 0 Å². The van der Waals surface area contributed by atoms with Crippen molar-refractivity contribution in [1.29, 1.82) is 0 Å². The van der Waals surface area contributed by atoms with Gasteiger partial charge in [0.05, 0.1) is 10.9 Å². The molecule has 22 heavy (non-hydrogen) atoms. The zero-order valence-corrected chi connectivity index (χ0v) is 13.8. The highest BCUT2D eigenvalue weighted by Gasteiger charge is 2.35. The van der Waals surface area contributed by atoms with Gasteiger partial charge in [0.1, 0.15) is 0 Å². The number of nitrogens with zero attached hydrogens (tertiary/aromatic N) is 1. The molecule has 1 aliphatic rings. The van der Waals surface area contributed by atoms with Crippen LogP contribution < -0.4 is 0 Å². The van der Waals surface area contributed by atoms with Crippen molar-refractivity contribution >= 4 is 10.0 Å². The Hall–Kier alpha value is -1.65. The van der Waals surface area contributed by atoms with Crippen LogP contribution in [0.3, 0.4) is 0 Å². The SMILES string of the molecule is Cc1ccc([C@H]2CCCN2S(=O)(=O)c2ccc(C)cc2)cc1. The molecule has 0 radical (unpaired) electrons. The van der Waals surface area contributed by atoms with Gasteiger partial charge in [-0.25, -0.2) is 8.42 Å². The largest absolute Gasteiger partial charge is 0.243 e. The van der Waals surface area contributed by atoms with Gasteiger partial charge in [-0.1, -0.05) is 47.5 Å². The van der Waals surface area contributed by atoms with Gasteiger partial charge in [0, 0.05) is 6.54 Å². The van der Waals surface area contributed by atoms with Gasteiger partial charge in [-0.2, -0.15) is 4.31 Å². The molecule has 116 valence electrons. The lowest BCUT2D eigenvalue weighted by atomic mass is 10.0. The summed E-state index contributed by atoms with van der Waals surface area (Å²) in [6.07, 6.45) is 1.79. The van der Waals surface area contributed by atoms with E-state index in [1.165, 1.54) is 5.56 Å². The van der Waals surface area contributed by atoms with E-state index >= 15 is 0 Å². The van der Waals surface area contributed by atoms with E-state index in [1.807, 2.05) is 50.2 Å². The molecule has 1 saturated heterocycles. The summed E-state index contributed by atoms with van der Waals surface area (Å²) in [4.78, 5) is 0.386. The Bertz CT molecular complexity index is 749. The Morgan fingerprint density at radius 3 is 2.05 bits per heavy atom. The lowest BCUT2D eigenvalue weighted by Gasteiger charge is -2.24. The summed E-state index contributed by atoms with van der Waals surface area (Å²) in [7, 11) is -3.43. The highest BCUT2D eigenvalue weighted by Crippen LogP contribution is 2.36. The maximum absolute atomic E-state index is 12.9. The Morgan fingerprint density at radius 2 is 1.45 bits per heavy atom. The number of hydrogen-bond acceptors (Lipinski definition) is 2. The predicted octanol–water partition coefficient (Wildman–Crippen LogP) is 3.83. The fourth-order valence-electron chi connectivity index (χ4n) is 3.00. The van der Waals surface area contributed by atoms with Crippen LogP contribution in [0.15, 0.2) is 53.4 Å². The van der Waals surface area contributed by atoms with E-state index in [0.717, 1.165) is 24.0 Å². The van der Waals surface area contributed by atoms with Gasteiger partial charge in [0.25, 0.3) is 0 Å². The molecular formula is C18H21NO2S. The maximum Gasteiger partial charge on any atom is 0.243 e. The molecule has 2 aromatic carbocycles. The van der Waals surface area contributed by atoms with Crippen molar-refractivity contribution < 1.29 is 8.42 Å². The van der Waals surface area contributed by atoms with Crippen LogP contribution in [-0.4, -0.2) is 19.3 Å². The number of hydrogen-bond donors (Lipinski definition) is 0. The Labute approximate surface area is 132 Å². The molecule has 3 rings (SSSR count). The molecule has 3 nitrogen and oxygen atoms in total. The van der Waals surface area contributed by atoms with Gasteiger partial charge in [0.2, 0.25) is 10.0 Å². The zero-order valence-electron chi connectivity index (χ0n) is 13.0. The molecule has 4 heteroatoms. The van der Waals surface area contributed by atoms with E-state index in [4.69, 9.17) is 0 Å². The molecular weight excluding hydrogens is 294 g/mol. The van der Waals surface area contributed by atoms with Crippen LogP contribution in [0.2, 0.25) is 0 Å². The van der Waals surface area contributed by atoms with Crippen molar-refractivity contribution in [3.8, 4) is 0 Å². The Balaban J connectivity index is 1.95. The Morgan fingerprint density at radius 1 is 0.909 bits per heavy atom. The number of benzene rings is 2. The summed E-state index contributed by atoms with van der Waals surface area (Å²) in [5.74, 6) is 0. The fraction of sp³-hybridized carbons (Fsp3) is 0.333. The average Bonchev–Trinajstić information content (AvgIpc) is 2.99. The first-order valence-corrected chi connectivity index (χ1v) is 9.07. The van der Waals surface area contributed by atoms with Crippen LogP contribution in [0, 0.1) is 13.8 Å². The molecule has 1 heterocycles. The van der Waals surface area contributed by atoms with E-state index in [1.54, 1.807) is 16.4 Å². The second kappa shape index (κ2) is 5.86. The quantitative estimate of drug-likeness (QED) is 0.863. The second-order valence-corrected chi connectivity index (χ2v) is 7.89. The highest BCUT2D eigenvalue weighted by molar-refractivity contribution is 7.89. The molecule has 1 atom stereocenters. The third kappa shape index (κ3) is 2.81. The molecule has 0 unspecified atom stereocenters. The van der Waals surface area contributed by atoms with Gasteiger partial charge in [-0.3, -0.25) is 0 Å². The molecule has 1 fully saturated rings. The van der Waals surface area contributed by atoms with Crippen LogP contribution in [0.25, 0.3) is 0 Å². The first-order chi connectivity index (χ1) is 10.5. The van der Waals surface area contributed by atoms with Crippen molar-refractivity contribution in [1.82, 2.24) is 4.31 Å². The minimum Gasteiger partial charge on any atom is -0.207 e. The molecule has 0 bridgehead atoms. The molecule has 0 saturated carbocycles. The Kier molecular flexibility index (Phi) is 4.06. The van der Waals surface area contributed by atoms with E-state index in [-0.39, 0.29) is 6.04 Å². The molecule has 0 aromatic heterocycles. The number of sulfonamides is 1. The molecule has 0 amide bonds. The summed E-state index contributed by atoms with van der Waals surface area (Å²) < 4.78 is 27.5. The van der Waals surface area contributed by atoms with Crippen LogP contribution in [0.4, 0.5) is 0 Å². The van der Waals surface area contributed by atoms with Crippen LogP contribution in [0.5, 0.6) is 0 Å². The molecule has 2 aromatic rings. The predicted molar refractivity (Wildman–Crippen MR) is 88.2 cm³/mol. The second-order valence-electron chi connectivity index (χ2n) is 6.00. The first kappa shape index (κ1) is 15.3. The van der Waals surface area contributed by atoms with Gasteiger partial charge in [-0.05, 0) is 44.4 Å². The van der Waals surface area contributed by atoms with Gasteiger partial charge >= 0.3 is 0 Å². The van der Waals surface area contributed by atoms with Gasteiger partial charge in [-0.15, -0.1) is 0 Å². The number of rotatable bonds is 3. The third-order valence-corrected chi connectivity index (χ3v) is 6.22. The topological polar surface area (TPSA) is 37.4 Å². The number of aryl methyl sites for hydroxylation is 2. The minimum absolute atomic E-state index is 0.0492. The summed E-state index contributed by atoms with van der Waals surface area (Å²) in [5, 5.41) is 0. The fourth-order valence-corrected chi connectivity index (χ4v) is 4.68. The maximum atomic E-state index is 12.9. The van der Waals surface area contributed by atoms with E-state index in [9.17, 15) is 8.42 Å². The standard InChI is InChI=1S/C18H21NO2S/c1-14-5-9-16(10-6-14)18-4-3-13-19(18)22(20,21)17-11-7-15(2)8-12-17/h5-12,18H,3-4,13H2,1-2H3/t18-/m1/s1. The first-order valence-electron chi connectivity index (χ1n) is 7.63. The van der Waals surface area contributed by atoms with Crippen LogP contribution in [0.1, 0.15) is 35.6 Å². The summed E-state index contributed by atoms with van der Waals surface area (Å²) >= 11 is 0. The summed E-state index contributed by atoms with van der Waals surface area (Å²) in [6.45, 7) is 4.59. The highest BCUT2D eigenvalue weighted by atomic mass is 32.2. The van der Waals surface area contributed by atoms with Gasteiger partial charge in [0.15, 0.2) is 0 Å². The zero-order chi connectivity index (χ0) is 15.7. The normalized spacial score (nSPS) is 19.5. The van der Waals surface area contributed by atoms with E-state index < -0.39 is 10.0 Å². The van der Waals surface area contributed by atoms with Crippen LogP contribution in [-0.2, 0) is 10.0 Å². The van der Waals surface area contributed by atoms with Crippen LogP contribution >= 0.6 is 0 Å². The minimum atomic E-state index is -3.43. The van der Waals surface area contributed by atoms with E-state index in [0.29, 0.717) is 11.4 Å². The molecule has 1 aliphatic heterocycles. The summed E-state index contributed by atoms with van der Waals surface area (Å²) in [5.41, 5.74) is 3.34. The molecule has 0 aliphatic carbocycles. The van der Waals surface area contributed by atoms with Gasteiger partial charge < -0.3 is 0 Å². The average molecular weight is 315 g/mol. The third-order valence-electron chi connectivity index (χ3n) is 4.29. The lowest BCUT2D eigenvalue weighted by Crippen LogP contribution is -2.30. The van der Waals surface area contributed by atoms with E-state index in [2.05, 4.69) is 0 Å². The van der Waals surface area contributed by atoms with Crippen molar-refractivity contribution in [3.63, 3.8) is 0 Å². The smallest absolute Gasteiger partial charge is 0.207 e. The lowest BCUT2D eigenvalue weighted by molar-refractivity contribution is 0.396.